The zero-order chi connectivity index (χ0) is 14.8. The molecule has 0 fully saturated rings. The van der Waals surface area contributed by atoms with E-state index in [0.29, 0.717) is 0 Å². The van der Waals surface area contributed by atoms with Gasteiger partial charge in [0.05, 0.1) is 6.42 Å². The molecule has 0 aromatic heterocycles. The minimum absolute atomic E-state index is 0.0541. The monoisotopic (exact) mass is 283 g/mol. The van der Waals surface area contributed by atoms with Crippen molar-refractivity contribution in [1.29, 1.82) is 0 Å². The van der Waals surface area contributed by atoms with Crippen LogP contribution in [-0.2, 0) is 30.3 Å². The van der Waals surface area contributed by atoms with Gasteiger partial charge in [0.25, 0.3) is 5.09 Å². The Morgan fingerprint density at radius 2 is 1.75 bits per heavy atom. The minimum atomic E-state index is -0.992. The van der Waals surface area contributed by atoms with Crippen LogP contribution >= 0.6 is 0 Å². The molecule has 1 aromatic carbocycles. The van der Waals surface area contributed by atoms with E-state index in [1.165, 1.54) is 0 Å². The summed E-state index contributed by atoms with van der Waals surface area (Å²) in [5.74, 6) is -1.35. The van der Waals surface area contributed by atoms with Crippen molar-refractivity contribution in [3.05, 3.63) is 46.0 Å². The number of benzene rings is 1. The molecular weight excluding hydrogens is 270 g/mol. The number of hydrogen-bond acceptors (Lipinski definition) is 7. The summed E-state index contributed by atoms with van der Waals surface area (Å²) in [6, 6.07) is 8.90. The second-order valence-corrected chi connectivity index (χ2v) is 3.60. The molecule has 0 unspecified atom stereocenters. The van der Waals surface area contributed by atoms with Gasteiger partial charge in [-0.1, -0.05) is 30.3 Å². The summed E-state index contributed by atoms with van der Waals surface area (Å²) in [6.45, 7) is -1.18. The van der Waals surface area contributed by atoms with Crippen LogP contribution in [0.5, 0.6) is 0 Å². The number of esters is 2. The maximum absolute atomic E-state index is 11.4. The lowest BCUT2D eigenvalue weighted by Crippen LogP contribution is -2.20. The van der Waals surface area contributed by atoms with Gasteiger partial charge in [-0.25, -0.2) is 4.79 Å². The molecule has 108 valence electrons. The molecule has 0 heterocycles. The number of nitrogens with zero attached hydrogens (tertiary/aromatic N) is 1. The molecule has 1 rings (SSSR count). The summed E-state index contributed by atoms with van der Waals surface area (Å²) in [4.78, 5) is 36.3. The zero-order valence-corrected chi connectivity index (χ0v) is 10.5. The molecule has 8 heteroatoms. The molecule has 0 aliphatic rings. The molecule has 0 aliphatic heterocycles. The second kappa shape index (κ2) is 8.46. The largest absolute Gasteiger partial charge is 0.461 e. The number of hydrogen-bond donors (Lipinski definition) is 0. The van der Waals surface area contributed by atoms with E-state index < -0.39 is 23.6 Å². The maximum atomic E-state index is 11.4. The average Bonchev–Trinajstić information content (AvgIpc) is 2.42. The third-order valence-corrected chi connectivity index (χ3v) is 2.09. The van der Waals surface area contributed by atoms with Crippen LogP contribution in [0.25, 0.3) is 0 Å². The molecule has 0 saturated heterocycles. The lowest BCUT2D eigenvalue weighted by molar-refractivity contribution is -0.757. The van der Waals surface area contributed by atoms with Crippen molar-refractivity contribution in [2.75, 3.05) is 19.8 Å². The molecule has 0 aliphatic carbocycles. The fraction of sp³-hybridized carbons (Fsp3) is 0.333. The van der Waals surface area contributed by atoms with Crippen LogP contribution in [0.15, 0.2) is 30.3 Å². The molecule has 1 aromatic rings. The van der Waals surface area contributed by atoms with Gasteiger partial charge in [-0.15, -0.1) is 10.1 Å². The topological polar surface area (TPSA) is 105 Å². The Bertz CT molecular complexity index is 460. The molecule has 0 radical (unpaired) electrons. The first-order valence-electron chi connectivity index (χ1n) is 5.70. The van der Waals surface area contributed by atoms with E-state index in [2.05, 4.69) is 9.57 Å². The summed E-state index contributed by atoms with van der Waals surface area (Å²) in [5.41, 5.74) is 0.769. The van der Waals surface area contributed by atoms with Crippen molar-refractivity contribution >= 4 is 11.9 Å². The lowest BCUT2D eigenvalue weighted by atomic mass is 10.2. The quantitative estimate of drug-likeness (QED) is 0.296. The molecule has 0 saturated carbocycles. The molecule has 0 amide bonds. The fourth-order valence-electron chi connectivity index (χ4n) is 1.26. The predicted molar refractivity (Wildman–Crippen MR) is 65.0 cm³/mol. The highest BCUT2D eigenvalue weighted by Gasteiger charge is 2.09. The molecule has 20 heavy (non-hydrogen) atoms. The van der Waals surface area contributed by atoms with Crippen molar-refractivity contribution in [1.82, 2.24) is 0 Å². The van der Waals surface area contributed by atoms with E-state index >= 15 is 0 Å². The van der Waals surface area contributed by atoms with E-state index in [9.17, 15) is 19.7 Å². The Morgan fingerprint density at radius 1 is 1.05 bits per heavy atom. The van der Waals surface area contributed by atoms with Gasteiger partial charge in [-0.05, 0) is 5.56 Å². The molecule has 0 bridgehead atoms. The van der Waals surface area contributed by atoms with E-state index in [-0.39, 0.29) is 19.6 Å². The van der Waals surface area contributed by atoms with E-state index in [1.807, 2.05) is 6.07 Å². The molecule has 8 nitrogen and oxygen atoms in total. The van der Waals surface area contributed by atoms with Gasteiger partial charge >= 0.3 is 11.9 Å². The number of carbonyl (C=O) groups is 2. The van der Waals surface area contributed by atoms with Gasteiger partial charge in [0.1, 0.15) is 13.2 Å². The van der Waals surface area contributed by atoms with Crippen molar-refractivity contribution in [2.45, 2.75) is 6.42 Å². The smallest absolute Gasteiger partial charge is 0.344 e. The number of rotatable bonds is 8. The van der Waals surface area contributed by atoms with Crippen LogP contribution in [-0.4, -0.2) is 36.8 Å². The Morgan fingerprint density at radius 3 is 2.40 bits per heavy atom. The number of ether oxygens (including phenoxy) is 2. The Hall–Kier alpha value is -2.64. The van der Waals surface area contributed by atoms with Gasteiger partial charge < -0.3 is 14.3 Å². The standard InChI is InChI=1S/C12H13NO7/c14-11(8-10-4-2-1-3-5-10)19-9-12(15)18-6-7-20-13(16)17/h1-5H,6-9H2. The summed E-state index contributed by atoms with van der Waals surface area (Å²) in [5, 5.41) is 8.81. The normalized spacial score (nSPS) is 9.60. The molecule has 0 atom stereocenters. The molecule has 0 N–H and O–H groups in total. The van der Waals surface area contributed by atoms with E-state index in [4.69, 9.17) is 4.74 Å². The minimum Gasteiger partial charge on any atom is -0.461 e. The Kier molecular flexibility index (Phi) is 6.52. The highest BCUT2D eigenvalue weighted by molar-refractivity contribution is 5.77. The summed E-state index contributed by atoms with van der Waals surface area (Å²) >= 11 is 0. The molecule has 0 spiro atoms. The van der Waals surface area contributed by atoms with Crippen LogP contribution in [0, 0.1) is 10.1 Å². The van der Waals surface area contributed by atoms with Crippen LogP contribution in [0.4, 0.5) is 0 Å². The highest BCUT2D eigenvalue weighted by Crippen LogP contribution is 2.00. The van der Waals surface area contributed by atoms with Gasteiger partial charge in [0.15, 0.2) is 6.61 Å². The molecular formula is C12H13NO7. The van der Waals surface area contributed by atoms with Crippen LogP contribution < -0.4 is 0 Å². The second-order valence-electron chi connectivity index (χ2n) is 3.60. The third kappa shape index (κ3) is 6.94. The van der Waals surface area contributed by atoms with Crippen molar-refractivity contribution in [3.8, 4) is 0 Å². The SMILES string of the molecule is O=C(COC(=O)Cc1ccccc1)OCCO[N+](=O)[O-]. The lowest BCUT2D eigenvalue weighted by Gasteiger charge is -2.05. The van der Waals surface area contributed by atoms with Crippen LogP contribution in [0.2, 0.25) is 0 Å². The summed E-state index contributed by atoms with van der Waals surface area (Å²) in [6.07, 6.45) is 0.0541. The van der Waals surface area contributed by atoms with Crippen LogP contribution in [0.1, 0.15) is 5.56 Å². The predicted octanol–water partition coefficient (Wildman–Crippen LogP) is 0.524. The van der Waals surface area contributed by atoms with Gasteiger partial charge in [0, 0.05) is 0 Å². The van der Waals surface area contributed by atoms with E-state index in [1.54, 1.807) is 24.3 Å². The number of carbonyl (C=O) groups excluding carboxylic acids is 2. The van der Waals surface area contributed by atoms with Gasteiger partial charge in [0.2, 0.25) is 0 Å². The average molecular weight is 283 g/mol. The highest BCUT2D eigenvalue weighted by atomic mass is 17.0. The van der Waals surface area contributed by atoms with Crippen molar-refractivity contribution in [2.24, 2.45) is 0 Å². The van der Waals surface area contributed by atoms with Crippen LogP contribution in [0.3, 0.4) is 0 Å². The maximum Gasteiger partial charge on any atom is 0.344 e. The third-order valence-electron chi connectivity index (χ3n) is 2.09. The van der Waals surface area contributed by atoms with Crippen molar-refractivity contribution < 1.29 is 29.0 Å². The summed E-state index contributed by atoms with van der Waals surface area (Å²) < 4.78 is 9.25. The van der Waals surface area contributed by atoms with E-state index in [0.717, 1.165) is 5.56 Å². The zero-order valence-electron chi connectivity index (χ0n) is 10.5. The fourth-order valence-corrected chi connectivity index (χ4v) is 1.26. The summed E-state index contributed by atoms with van der Waals surface area (Å²) in [7, 11) is 0. The Labute approximate surface area is 114 Å². The first kappa shape index (κ1) is 15.4. The first-order chi connectivity index (χ1) is 9.58. The first-order valence-corrected chi connectivity index (χ1v) is 5.70. The van der Waals surface area contributed by atoms with Crippen molar-refractivity contribution in [3.63, 3.8) is 0 Å². The van der Waals surface area contributed by atoms with Gasteiger partial charge in [-0.2, -0.15) is 0 Å². The Balaban J connectivity index is 2.14. The van der Waals surface area contributed by atoms with Gasteiger partial charge in [-0.3, -0.25) is 4.79 Å².